The molecule has 2 atom stereocenters. The highest BCUT2D eigenvalue weighted by atomic mass is 79.9. The lowest BCUT2D eigenvalue weighted by Crippen LogP contribution is -2.31. The zero-order chi connectivity index (χ0) is 14.8. The van der Waals surface area contributed by atoms with Gasteiger partial charge in [-0.15, -0.1) is 0 Å². The van der Waals surface area contributed by atoms with Gasteiger partial charge in [0.15, 0.2) is 0 Å². The number of hydrogen-bond donors (Lipinski definition) is 1. The normalized spacial score (nSPS) is 27.6. The quantitative estimate of drug-likeness (QED) is 0.695. The lowest BCUT2D eigenvalue weighted by molar-refractivity contribution is 0.0237. The van der Waals surface area contributed by atoms with Crippen LogP contribution in [0.5, 0.6) is 0 Å². The standard InChI is InChI=1S/C17H24BrClO/c1-12(2)13-4-3-8-17(20,9-7-13)11-14-5-6-15(18)10-16(14)19/h5-6,10,12-13,20H,3-4,7-9,11H2,1-2H3. The summed E-state index contributed by atoms with van der Waals surface area (Å²) in [7, 11) is 0. The van der Waals surface area contributed by atoms with Crippen molar-refractivity contribution < 1.29 is 5.11 Å². The summed E-state index contributed by atoms with van der Waals surface area (Å²) in [6.45, 7) is 4.58. The van der Waals surface area contributed by atoms with Gasteiger partial charge in [0.2, 0.25) is 0 Å². The molecule has 1 aliphatic carbocycles. The molecule has 2 rings (SSSR count). The van der Waals surface area contributed by atoms with Gasteiger partial charge in [-0.05, 0) is 48.8 Å². The van der Waals surface area contributed by atoms with Crippen molar-refractivity contribution in [2.45, 2.75) is 58.0 Å². The largest absolute Gasteiger partial charge is 0.390 e. The fraction of sp³-hybridized carbons (Fsp3) is 0.647. The van der Waals surface area contributed by atoms with Gasteiger partial charge in [0, 0.05) is 15.9 Å². The van der Waals surface area contributed by atoms with Crippen molar-refractivity contribution in [3.05, 3.63) is 33.3 Å². The molecule has 1 fully saturated rings. The van der Waals surface area contributed by atoms with Gasteiger partial charge in [0.1, 0.15) is 0 Å². The van der Waals surface area contributed by atoms with Crippen LogP contribution in [0.25, 0.3) is 0 Å². The van der Waals surface area contributed by atoms with Crippen LogP contribution in [0.4, 0.5) is 0 Å². The minimum atomic E-state index is -0.582. The minimum absolute atomic E-state index is 0.582. The Balaban J connectivity index is 2.07. The van der Waals surface area contributed by atoms with Gasteiger partial charge in [-0.2, -0.15) is 0 Å². The third-order valence-electron chi connectivity index (χ3n) is 4.67. The van der Waals surface area contributed by atoms with Crippen molar-refractivity contribution in [1.29, 1.82) is 0 Å². The Labute approximate surface area is 135 Å². The molecule has 1 aromatic rings. The maximum absolute atomic E-state index is 10.9. The number of halogens is 2. The number of aliphatic hydroxyl groups is 1. The van der Waals surface area contributed by atoms with E-state index in [4.69, 9.17) is 11.6 Å². The Hall–Kier alpha value is -0.0500. The summed E-state index contributed by atoms with van der Waals surface area (Å²) >= 11 is 9.71. The van der Waals surface area contributed by atoms with E-state index in [1.54, 1.807) is 0 Å². The third-order valence-corrected chi connectivity index (χ3v) is 5.52. The molecule has 0 bridgehead atoms. The molecule has 1 aromatic carbocycles. The van der Waals surface area contributed by atoms with E-state index in [1.807, 2.05) is 18.2 Å². The van der Waals surface area contributed by atoms with Crippen LogP contribution >= 0.6 is 27.5 Å². The van der Waals surface area contributed by atoms with Crippen LogP contribution in [0.2, 0.25) is 5.02 Å². The maximum atomic E-state index is 10.9. The third kappa shape index (κ3) is 4.22. The lowest BCUT2D eigenvalue weighted by Gasteiger charge is -2.27. The Morgan fingerprint density at radius 3 is 2.75 bits per heavy atom. The van der Waals surface area contributed by atoms with Crippen LogP contribution in [0.3, 0.4) is 0 Å². The first-order valence-corrected chi connectivity index (χ1v) is 8.73. The molecule has 2 unspecified atom stereocenters. The van der Waals surface area contributed by atoms with E-state index < -0.39 is 5.60 Å². The predicted molar refractivity (Wildman–Crippen MR) is 89.2 cm³/mol. The molecule has 0 amide bonds. The van der Waals surface area contributed by atoms with Crippen molar-refractivity contribution >= 4 is 27.5 Å². The molecule has 0 spiro atoms. The van der Waals surface area contributed by atoms with Crippen LogP contribution in [0.15, 0.2) is 22.7 Å². The van der Waals surface area contributed by atoms with Gasteiger partial charge < -0.3 is 5.11 Å². The Kier molecular flexibility index (Phi) is 5.56. The Morgan fingerprint density at radius 2 is 2.10 bits per heavy atom. The molecule has 20 heavy (non-hydrogen) atoms. The van der Waals surface area contributed by atoms with E-state index in [-0.39, 0.29) is 0 Å². The average Bonchev–Trinajstić information content (AvgIpc) is 2.55. The van der Waals surface area contributed by atoms with E-state index in [0.29, 0.717) is 12.3 Å². The molecule has 1 N–H and O–H groups in total. The van der Waals surface area contributed by atoms with Crippen molar-refractivity contribution in [1.82, 2.24) is 0 Å². The zero-order valence-electron chi connectivity index (χ0n) is 12.3. The molecule has 0 saturated heterocycles. The predicted octanol–water partition coefficient (Wildman–Crippen LogP) is 5.61. The first kappa shape index (κ1) is 16.3. The summed E-state index contributed by atoms with van der Waals surface area (Å²) in [4.78, 5) is 0. The van der Waals surface area contributed by atoms with Crippen molar-refractivity contribution in [3.8, 4) is 0 Å². The van der Waals surface area contributed by atoms with E-state index in [1.165, 1.54) is 6.42 Å². The summed E-state index contributed by atoms with van der Waals surface area (Å²) in [5, 5.41) is 11.7. The van der Waals surface area contributed by atoms with Crippen molar-refractivity contribution in [2.75, 3.05) is 0 Å². The summed E-state index contributed by atoms with van der Waals surface area (Å²) in [5.41, 5.74) is 0.474. The minimum Gasteiger partial charge on any atom is -0.390 e. The van der Waals surface area contributed by atoms with Gasteiger partial charge >= 0.3 is 0 Å². The second-order valence-electron chi connectivity index (χ2n) is 6.57. The molecular weight excluding hydrogens is 336 g/mol. The van der Waals surface area contributed by atoms with Crippen LogP contribution < -0.4 is 0 Å². The first-order chi connectivity index (χ1) is 9.39. The Bertz CT molecular complexity index is 460. The second kappa shape index (κ2) is 6.81. The first-order valence-electron chi connectivity index (χ1n) is 7.56. The molecule has 0 aliphatic heterocycles. The van der Waals surface area contributed by atoms with Crippen LogP contribution in [0, 0.1) is 11.8 Å². The smallest absolute Gasteiger partial charge is 0.0688 e. The van der Waals surface area contributed by atoms with Crippen molar-refractivity contribution in [2.24, 2.45) is 11.8 Å². The van der Waals surface area contributed by atoms with Gasteiger partial charge in [0.05, 0.1) is 5.60 Å². The highest BCUT2D eigenvalue weighted by Crippen LogP contribution is 2.37. The SMILES string of the molecule is CC(C)C1CCCC(O)(Cc2ccc(Br)cc2Cl)CC1. The van der Waals surface area contributed by atoms with Crippen LogP contribution in [-0.2, 0) is 6.42 Å². The molecule has 0 radical (unpaired) electrons. The van der Waals surface area contributed by atoms with E-state index in [2.05, 4.69) is 29.8 Å². The zero-order valence-corrected chi connectivity index (χ0v) is 14.7. The van der Waals surface area contributed by atoms with E-state index in [0.717, 1.165) is 46.7 Å². The summed E-state index contributed by atoms with van der Waals surface area (Å²) in [6.07, 6.45) is 5.94. The maximum Gasteiger partial charge on any atom is 0.0688 e. The molecular formula is C17H24BrClO. The Morgan fingerprint density at radius 1 is 1.35 bits per heavy atom. The molecule has 0 aromatic heterocycles. The van der Waals surface area contributed by atoms with Gasteiger partial charge in [-0.3, -0.25) is 0 Å². The number of rotatable bonds is 3. The highest BCUT2D eigenvalue weighted by molar-refractivity contribution is 9.10. The molecule has 0 heterocycles. The molecule has 1 saturated carbocycles. The van der Waals surface area contributed by atoms with E-state index in [9.17, 15) is 5.11 Å². The van der Waals surface area contributed by atoms with Crippen LogP contribution in [-0.4, -0.2) is 10.7 Å². The lowest BCUT2D eigenvalue weighted by atomic mass is 9.85. The van der Waals surface area contributed by atoms with Gasteiger partial charge in [-0.25, -0.2) is 0 Å². The van der Waals surface area contributed by atoms with Gasteiger partial charge in [-0.1, -0.05) is 60.3 Å². The summed E-state index contributed by atoms with van der Waals surface area (Å²) < 4.78 is 0.985. The monoisotopic (exact) mass is 358 g/mol. The van der Waals surface area contributed by atoms with Crippen molar-refractivity contribution in [3.63, 3.8) is 0 Å². The summed E-state index contributed by atoms with van der Waals surface area (Å²) in [5.74, 6) is 1.47. The highest BCUT2D eigenvalue weighted by Gasteiger charge is 2.32. The molecule has 1 nitrogen and oxygen atoms in total. The summed E-state index contributed by atoms with van der Waals surface area (Å²) in [6, 6.07) is 5.93. The van der Waals surface area contributed by atoms with Crippen LogP contribution in [0.1, 0.15) is 51.5 Å². The average molecular weight is 360 g/mol. The van der Waals surface area contributed by atoms with E-state index >= 15 is 0 Å². The molecule has 3 heteroatoms. The second-order valence-corrected chi connectivity index (χ2v) is 7.89. The topological polar surface area (TPSA) is 20.2 Å². The number of benzene rings is 1. The molecule has 112 valence electrons. The fourth-order valence-corrected chi connectivity index (χ4v) is 4.02. The fourth-order valence-electron chi connectivity index (χ4n) is 3.28. The van der Waals surface area contributed by atoms with Gasteiger partial charge in [0.25, 0.3) is 0 Å². The number of hydrogen-bond acceptors (Lipinski definition) is 1. The molecule has 1 aliphatic rings.